The molecule has 0 spiro atoms. The minimum atomic E-state index is -8.78. The van der Waals surface area contributed by atoms with Crippen LogP contribution < -0.4 is 5.32 Å². The van der Waals surface area contributed by atoms with Gasteiger partial charge in [-0.05, 0) is 6.42 Å². The average molecular weight is 791 g/mol. The highest BCUT2D eigenvalue weighted by molar-refractivity contribution is 7.47. The number of fused-ring (bicyclic) bond motifs is 1. The van der Waals surface area contributed by atoms with Crippen molar-refractivity contribution in [3.8, 4) is 0 Å². The molecule has 2 aromatic rings. The molecule has 1 saturated heterocycles. The zero-order chi connectivity index (χ0) is 38.9. The number of anilines is 1. The maximum absolute atomic E-state index is 14.7. The number of phosphoric acid groups is 1. The van der Waals surface area contributed by atoms with E-state index in [9.17, 15) is 84.1 Å². The molecule has 2 N–H and O–H groups in total. The summed E-state index contributed by atoms with van der Waals surface area (Å²) in [7, 11) is -2.95. The minimum Gasteiger partial charge on any atom is -0.374 e. The highest BCUT2D eigenvalue weighted by Gasteiger charge is 2.95. The lowest BCUT2D eigenvalue weighted by molar-refractivity contribution is -0.460. The maximum atomic E-state index is 14.7. The third-order valence-corrected chi connectivity index (χ3v) is 8.05. The predicted octanol–water partition coefficient (Wildman–Crippen LogP) is 6.66. The third-order valence-electron chi connectivity index (χ3n) is 7.08. The average Bonchev–Trinajstić information content (AvgIpc) is 3.56. The number of halogens is 17. The van der Waals surface area contributed by atoms with Crippen LogP contribution in [0.25, 0.3) is 11.2 Å². The number of hydrogen-bond donors (Lipinski definition) is 2. The van der Waals surface area contributed by atoms with Gasteiger partial charge in [0.1, 0.15) is 18.5 Å². The van der Waals surface area contributed by atoms with Crippen LogP contribution in [0.3, 0.4) is 0 Å². The Kier molecular flexibility index (Phi) is 10.6. The number of ether oxygens (including phenoxy) is 2. The Morgan fingerprint density at radius 3 is 1.76 bits per heavy atom. The Bertz CT molecular complexity index is 1590. The summed E-state index contributed by atoms with van der Waals surface area (Å²) in [6, 6.07) is -7.02. The van der Waals surface area contributed by atoms with Gasteiger partial charge in [-0.1, -0.05) is 6.92 Å². The second-order valence-corrected chi connectivity index (χ2v) is 11.6. The van der Waals surface area contributed by atoms with E-state index in [1.807, 2.05) is 0 Å². The van der Waals surface area contributed by atoms with Gasteiger partial charge in [0, 0.05) is 14.2 Å². The van der Waals surface area contributed by atoms with Crippen LogP contribution in [0.2, 0.25) is 0 Å². The van der Waals surface area contributed by atoms with Gasteiger partial charge < -0.3 is 19.7 Å². The van der Waals surface area contributed by atoms with Crippen LogP contribution in [0.5, 0.6) is 0 Å². The molecular weight excluding hydrogens is 772 g/mol. The molecule has 1 fully saturated rings. The first-order chi connectivity index (χ1) is 22.3. The van der Waals surface area contributed by atoms with Crippen molar-refractivity contribution in [1.29, 1.82) is 0 Å². The second-order valence-electron chi connectivity index (χ2n) is 10.1. The summed E-state index contributed by atoms with van der Waals surface area (Å²) in [6.07, 6.45) is -12.6. The Hall–Kier alpha value is -2.81. The molecule has 3 rings (SSSR count). The first-order valence-electron chi connectivity index (χ1n) is 12.8. The first kappa shape index (κ1) is 41.6. The van der Waals surface area contributed by atoms with Crippen molar-refractivity contribution >= 4 is 24.8 Å². The van der Waals surface area contributed by atoms with Gasteiger partial charge in [-0.25, -0.2) is 19.5 Å². The minimum absolute atomic E-state index is 0.0120. The van der Waals surface area contributed by atoms with E-state index in [4.69, 9.17) is 14.0 Å². The fourth-order valence-corrected chi connectivity index (χ4v) is 5.01. The fraction of sp³-hybridized carbons (Fsp3) is 0.762. The lowest BCUT2D eigenvalue weighted by atomic mass is 9.90. The van der Waals surface area contributed by atoms with Gasteiger partial charge >= 0.3 is 55.6 Å². The van der Waals surface area contributed by atoms with E-state index in [1.54, 1.807) is 0 Å². The van der Waals surface area contributed by atoms with E-state index in [-0.39, 0.29) is 18.1 Å². The number of rotatable bonds is 14. The number of alkyl halides is 17. The van der Waals surface area contributed by atoms with Crippen molar-refractivity contribution in [2.24, 2.45) is 0 Å². The molecule has 0 aromatic carbocycles. The van der Waals surface area contributed by atoms with Crippen LogP contribution in [-0.4, -0.2) is 105 Å². The van der Waals surface area contributed by atoms with Crippen LogP contribution in [-0.2, 0) is 23.1 Å². The number of nitrogens with zero attached hydrogens (tertiary/aromatic N) is 4. The van der Waals surface area contributed by atoms with E-state index in [2.05, 4.69) is 19.5 Å². The van der Waals surface area contributed by atoms with Crippen molar-refractivity contribution in [2.75, 3.05) is 19.5 Å². The summed E-state index contributed by atoms with van der Waals surface area (Å²) in [5, 5.41) is 0.154. The highest BCUT2D eigenvalue weighted by Crippen LogP contribution is 2.64. The summed E-state index contributed by atoms with van der Waals surface area (Å²) in [6.45, 7) is 1.47. The number of hydrogen-bond acceptors (Lipinski definition) is 9. The van der Waals surface area contributed by atoms with Gasteiger partial charge in [-0.3, -0.25) is 13.6 Å². The molecule has 2 aromatic heterocycles. The SMILES string of the molecule is CC[C@H]1O[C@@H](n2cnc3c(NC(F)(F)C(F)(F)C(F)(F)C(F)(F)C(F)(F)C(F)(F)C(F)(F)C(F)(F)F)ncnc32)C(OC)C1OP(=O)(O)OC. The molecule has 29 heteroatoms. The maximum Gasteiger partial charge on any atom is 0.472 e. The van der Waals surface area contributed by atoms with Gasteiger partial charge in [0.2, 0.25) is 0 Å². The van der Waals surface area contributed by atoms with Gasteiger partial charge in [-0.2, -0.15) is 74.6 Å². The van der Waals surface area contributed by atoms with Gasteiger partial charge in [-0.15, -0.1) is 0 Å². The van der Waals surface area contributed by atoms with Crippen molar-refractivity contribution in [2.45, 2.75) is 85.6 Å². The van der Waals surface area contributed by atoms with E-state index >= 15 is 0 Å². The summed E-state index contributed by atoms with van der Waals surface area (Å²) in [4.78, 5) is 19.7. The molecule has 3 unspecified atom stereocenters. The van der Waals surface area contributed by atoms with Gasteiger partial charge in [0.05, 0.1) is 12.4 Å². The molecule has 1 aliphatic heterocycles. The molecule has 0 aliphatic carbocycles. The molecule has 11 nitrogen and oxygen atoms in total. The van der Waals surface area contributed by atoms with E-state index in [0.29, 0.717) is 6.33 Å². The fourth-order valence-electron chi connectivity index (χ4n) is 4.36. The molecule has 50 heavy (non-hydrogen) atoms. The molecule has 0 radical (unpaired) electrons. The topological polar surface area (TPSA) is 130 Å². The van der Waals surface area contributed by atoms with Crippen LogP contribution in [0.1, 0.15) is 19.6 Å². The monoisotopic (exact) mass is 791 g/mol. The van der Waals surface area contributed by atoms with Crippen molar-refractivity contribution in [1.82, 2.24) is 19.5 Å². The van der Waals surface area contributed by atoms with Crippen LogP contribution in [0, 0.1) is 0 Å². The lowest BCUT2D eigenvalue weighted by Crippen LogP contribution is -2.75. The molecule has 5 atom stereocenters. The molecule has 1 aliphatic rings. The number of phosphoric ester groups is 1. The predicted molar refractivity (Wildman–Crippen MR) is 126 cm³/mol. The van der Waals surface area contributed by atoms with Crippen LogP contribution in [0.4, 0.5) is 80.5 Å². The Balaban J connectivity index is 2.05. The third kappa shape index (κ3) is 6.11. The smallest absolute Gasteiger partial charge is 0.374 e. The zero-order valence-corrected chi connectivity index (χ0v) is 25.2. The van der Waals surface area contributed by atoms with Crippen LogP contribution >= 0.6 is 7.82 Å². The number of aromatic nitrogens is 4. The molecule has 3 heterocycles. The Morgan fingerprint density at radius 2 is 1.30 bits per heavy atom. The van der Waals surface area contributed by atoms with Gasteiger partial charge in [0.25, 0.3) is 0 Å². The standard InChI is InChI=1S/C21H19F17N5O6P/c1-4-7-9(49-50(44,45)47-3)10(46-2)13(48-7)43-6-41-8-11(39-5-40-12(8)43)42-21(37,38)19(32,33)17(28,29)15(24,25)14(22,23)16(26,27)18(30,31)20(34,35)36/h5-7,9-10,13H,4H2,1-3H3,(H,44,45)(H,39,40,42)/t7-,9?,10?,13-/m1/s1. The molecule has 0 amide bonds. The van der Waals surface area contributed by atoms with E-state index in [1.165, 1.54) is 6.92 Å². The van der Waals surface area contributed by atoms with Crippen molar-refractivity contribution in [3.05, 3.63) is 12.7 Å². The summed E-state index contributed by atoms with van der Waals surface area (Å²) in [5.41, 5.74) is -1.93. The zero-order valence-electron chi connectivity index (χ0n) is 24.3. The molecule has 288 valence electrons. The summed E-state index contributed by atoms with van der Waals surface area (Å²) >= 11 is 0. The van der Waals surface area contributed by atoms with Crippen LogP contribution in [0.15, 0.2) is 12.7 Å². The second kappa shape index (κ2) is 12.7. The van der Waals surface area contributed by atoms with Crippen molar-refractivity contribution in [3.63, 3.8) is 0 Å². The van der Waals surface area contributed by atoms with E-state index < -0.39 is 97.1 Å². The summed E-state index contributed by atoms with van der Waals surface area (Å²) < 4.78 is 265. The van der Waals surface area contributed by atoms with E-state index in [0.717, 1.165) is 18.8 Å². The molecular formula is C21H19F17N5O6P. The van der Waals surface area contributed by atoms with Gasteiger partial charge in [0.15, 0.2) is 23.2 Å². The van der Waals surface area contributed by atoms with Crippen molar-refractivity contribution < 1.29 is 103 Å². The Morgan fingerprint density at radius 1 is 0.800 bits per heavy atom. The lowest BCUT2D eigenvalue weighted by Gasteiger charge is -2.42. The normalized spacial score (nSPS) is 23.4. The number of methoxy groups -OCH3 is 1. The first-order valence-corrected chi connectivity index (χ1v) is 14.3. The summed E-state index contributed by atoms with van der Waals surface area (Å²) in [5.74, 6) is -52.9. The Labute approximate surface area is 265 Å². The molecule has 0 saturated carbocycles. The molecule has 0 bridgehead atoms. The largest absolute Gasteiger partial charge is 0.472 e. The quantitative estimate of drug-likeness (QED) is 0.122. The number of nitrogens with one attached hydrogen (secondary N) is 1. The number of imidazole rings is 1. The highest BCUT2D eigenvalue weighted by atomic mass is 31.2.